The van der Waals surface area contributed by atoms with E-state index in [9.17, 15) is 9.59 Å². The Morgan fingerprint density at radius 2 is 2.40 bits per heavy atom. The van der Waals surface area contributed by atoms with Crippen molar-refractivity contribution in [1.82, 2.24) is 9.78 Å². The van der Waals surface area contributed by atoms with E-state index < -0.39 is 11.7 Å². The number of furan rings is 1. The lowest BCUT2D eigenvalue weighted by molar-refractivity contribution is -0.118. The van der Waals surface area contributed by atoms with Crippen molar-refractivity contribution in [1.29, 1.82) is 0 Å². The van der Waals surface area contributed by atoms with Gasteiger partial charge in [0, 0.05) is 0 Å². The minimum absolute atomic E-state index is 0.0197. The van der Waals surface area contributed by atoms with Crippen molar-refractivity contribution in [2.24, 2.45) is 5.73 Å². The molecule has 2 aromatic rings. The Morgan fingerprint density at radius 1 is 1.60 bits per heavy atom. The van der Waals surface area contributed by atoms with Gasteiger partial charge in [0.05, 0.1) is 6.26 Å². The van der Waals surface area contributed by atoms with Crippen molar-refractivity contribution in [2.75, 3.05) is 0 Å². The topological polar surface area (TPSA) is 104 Å². The van der Waals surface area contributed by atoms with Crippen LogP contribution in [0.4, 0.5) is 0 Å². The Balaban J connectivity index is 2.37. The number of hydrogen-bond donors (Lipinski definition) is 1. The normalized spacial score (nSPS) is 10.4. The summed E-state index contributed by atoms with van der Waals surface area (Å²) >= 11 is 0. The monoisotopic (exact) mass is 209 g/mol. The number of carbonyl (C=O) groups excluding carboxylic acids is 1. The van der Waals surface area contributed by atoms with Gasteiger partial charge in [0.2, 0.25) is 5.91 Å². The molecular formula is C8H7N3O4. The summed E-state index contributed by atoms with van der Waals surface area (Å²) < 4.78 is 10.6. The van der Waals surface area contributed by atoms with Crippen LogP contribution in [0.5, 0.6) is 0 Å². The predicted octanol–water partition coefficient (Wildman–Crippen LogP) is -0.418. The molecule has 0 spiro atoms. The number of primary amides is 1. The maximum atomic E-state index is 11.2. The van der Waals surface area contributed by atoms with Gasteiger partial charge < -0.3 is 14.6 Å². The number of rotatable bonds is 3. The van der Waals surface area contributed by atoms with Crippen molar-refractivity contribution >= 4 is 5.91 Å². The van der Waals surface area contributed by atoms with E-state index in [2.05, 4.69) is 5.10 Å². The van der Waals surface area contributed by atoms with Crippen LogP contribution < -0.4 is 11.5 Å². The molecule has 0 unspecified atom stereocenters. The van der Waals surface area contributed by atoms with Crippen LogP contribution in [0.15, 0.2) is 32.0 Å². The van der Waals surface area contributed by atoms with E-state index in [1.165, 1.54) is 6.26 Å². The van der Waals surface area contributed by atoms with Gasteiger partial charge in [-0.2, -0.15) is 4.68 Å². The van der Waals surface area contributed by atoms with E-state index in [1.54, 1.807) is 12.1 Å². The SMILES string of the molecule is NC(=O)Cn1nc(-c2ccco2)oc1=O. The first-order chi connectivity index (χ1) is 7.16. The summed E-state index contributed by atoms with van der Waals surface area (Å²) in [6.45, 7) is -0.316. The second-order valence-electron chi connectivity index (χ2n) is 2.77. The van der Waals surface area contributed by atoms with Crippen LogP contribution in [0.3, 0.4) is 0 Å². The minimum Gasteiger partial charge on any atom is -0.459 e. The molecule has 2 N–H and O–H groups in total. The van der Waals surface area contributed by atoms with Crippen LogP contribution in [-0.4, -0.2) is 15.7 Å². The Bertz CT molecular complexity index is 522. The molecule has 0 bridgehead atoms. The Morgan fingerprint density at radius 3 is 3.00 bits per heavy atom. The van der Waals surface area contributed by atoms with Crippen LogP contribution in [0.25, 0.3) is 11.7 Å². The zero-order valence-corrected chi connectivity index (χ0v) is 7.54. The largest absolute Gasteiger partial charge is 0.459 e. The van der Waals surface area contributed by atoms with Crippen LogP contribution in [-0.2, 0) is 11.3 Å². The molecule has 2 rings (SSSR count). The zero-order valence-electron chi connectivity index (χ0n) is 7.54. The molecule has 7 nitrogen and oxygen atoms in total. The highest BCUT2D eigenvalue weighted by atomic mass is 16.4. The van der Waals surface area contributed by atoms with Gasteiger partial charge in [0.1, 0.15) is 6.54 Å². The maximum absolute atomic E-state index is 11.2. The summed E-state index contributed by atoms with van der Waals surface area (Å²) in [5.74, 6) is -1.09. The lowest BCUT2D eigenvalue weighted by Crippen LogP contribution is -2.26. The van der Waals surface area contributed by atoms with Gasteiger partial charge in [0.15, 0.2) is 5.76 Å². The van der Waals surface area contributed by atoms with Gasteiger partial charge in [-0.25, -0.2) is 4.79 Å². The van der Waals surface area contributed by atoms with E-state index in [0.717, 1.165) is 4.68 Å². The molecule has 0 radical (unpaired) electrons. The molecule has 1 amide bonds. The second kappa shape index (κ2) is 3.45. The van der Waals surface area contributed by atoms with Crippen LogP contribution in [0, 0.1) is 0 Å². The number of amides is 1. The third kappa shape index (κ3) is 1.80. The molecule has 0 atom stereocenters. The first-order valence-corrected chi connectivity index (χ1v) is 4.07. The number of hydrogen-bond acceptors (Lipinski definition) is 5. The number of nitrogens with two attached hydrogens (primary N) is 1. The molecule has 0 aromatic carbocycles. The third-order valence-corrected chi connectivity index (χ3v) is 1.64. The second-order valence-corrected chi connectivity index (χ2v) is 2.77. The van der Waals surface area contributed by atoms with Crippen LogP contribution >= 0.6 is 0 Å². The predicted molar refractivity (Wildman–Crippen MR) is 47.7 cm³/mol. The maximum Gasteiger partial charge on any atom is 0.437 e. The summed E-state index contributed by atoms with van der Waals surface area (Å²) in [6, 6.07) is 3.21. The average molecular weight is 209 g/mol. The van der Waals surface area contributed by atoms with Gasteiger partial charge in [-0.1, -0.05) is 0 Å². The van der Waals surface area contributed by atoms with Crippen molar-refractivity contribution in [3.8, 4) is 11.7 Å². The molecule has 0 fully saturated rings. The van der Waals surface area contributed by atoms with E-state index in [4.69, 9.17) is 14.6 Å². The van der Waals surface area contributed by atoms with Crippen molar-refractivity contribution in [3.63, 3.8) is 0 Å². The molecule has 0 aliphatic rings. The van der Waals surface area contributed by atoms with Gasteiger partial charge >= 0.3 is 5.76 Å². The summed E-state index contributed by atoms with van der Waals surface area (Å²) in [4.78, 5) is 21.7. The molecule has 0 aliphatic heterocycles. The van der Waals surface area contributed by atoms with Gasteiger partial charge in [-0.3, -0.25) is 4.79 Å². The molecule has 7 heteroatoms. The van der Waals surface area contributed by atoms with Crippen LogP contribution in [0.2, 0.25) is 0 Å². The highest BCUT2D eigenvalue weighted by Gasteiger charge is 2.13. The highest BCUT2D eigenvalue weighted by molar-refractivity contribution is 5.73. The summed E-state index contributed by atoms with van der Waals surface area (Å²) in [5, 5.41) is 3.74. The van der Waals surface area contributed by atoms with Gasteiger partial charge in [-0.15, -0.1) is 5.10 Å². The lowest BCUT2D eigenvalue weighted by Gasteiger charge is -1.90. The quantitative estimate of drug-likeness (QED) is 0.739. The molecule has 0 saturated carbocycles. The molecule has 0 saturated heterocycles. The van der Waals surface area contributed by atoms with Crippen molar-refractivity contribution in [2.45, 2.75) is 6.54 Å². The summed E-state index contributed by atoms with van der Waals surface area (Å²) in [6.07, 6.45) is 1.42. The molecular weight excluding hydrogens is 202 g/mol. The van der Waals surface area contributed by atoms with Crippen molar-refractivity contribution < 1.29 is 13.6 Å². The molecule has 15 heavy (non-hydrogen) atoms. The number of aromatic nitrogens is 2. The first-order valence-electron chi connectivity index (χ1n) is 4.07. The highest BCUT2D eigenvalue weighted by Crippen LogP contribution is 2.14. The van der Waals surface area contributed by atoms with Crippen molar-refractivity contribution in [3.05, 3.63) is 28.9 Å². The Labute approximate surface area is 83.1 Å². The van der Waals surface area contributed by atoms with E-state index >= 15 is 0 Å². The summed E-state index contributed by atoms with van der Waals surface area (Å²) in [7, 11) is 0. The van der Waals surface area contributed by atoms with E-state index in [1.807, 2.05) is 0 Å². The van der Waals surface area contributed by atoms with E-state index in [0.29, 0.717) is 5.76 Å². The fourth-order valence-corrected chi connectivity index (χ4v) is 1.05. The first kappa shape index (κ1) is 9.25. The minimum atomic E-state index is -0.750. The zero-order chi connectivity index (χ0) is 10.8. The Kier molecular flexibility index (Phi) is 2.13. The molecule has 2 aromatic heterocycles. The van der Waals surface area contributed by atoms with Gasteiger partial charge in [0.25, 0.3) is 5.89 Å². The smallest absolute Gasteiger partial charge is 0.437 e. The van der Waals surface area contributed by atoms with E-state index in [-0.39, 0.29) is 12.4 Å². The fourth-order valence-electron chi connectivity index (χ4n) is 1.05. The molecule has 2 heterocycles. The molecule has 0 aliphatic carbocycles. The Hall–Kier alpha value is -2.31. The summed E-state index contributed by atoms with van der Waals surface area (Å²) in [5.41, 5.74) is 4.92. The lowest BCUT2D eigenvalue weighted by atomic mass is 10.5. The average Bonchev–Trinajstić information content (AvgIpc) is 2.75. The number of nitrogens with zero attached hydrogens (tertiary/aromatic N) is 2. The molecule has 78 valence electrons. The fraction of sp³-hybridized carbons (Fsp3) is 0.125. The van der Waals surface area contributed by atoms with Gasteiger partial charge in [-0.05, 0) is 12.1 Å². The van der Waals surface area contributed by atoms with Crippen LogP contribution in [0.1, 0.15) is 0 Å². The standard InChI is InChI=1S/C8H7N3O4/c9-6(12)4-11-8(13)15-7(10-11)5-2-1-3-14-5/h1-3H,4H2,(H2,9,12). The number of carbonyl (C=O) groups is 1. The third-order valence-electron chi connectivity index (χ3n) is 1.64.